The van der Waals surface area contributed by atoms with Crippen molar-refractivity contribution < 1.29 is 14.3 Å². The maximum Gasteiger partial charge on any atom is 0.303 e. The number of hydrogen-bond acceptors (Lipinski definition) is 4. The average molecular weight is 361 g/mol. The number of aromatic nitrogens is 2. The molecule has 0 amide bonds. The summed E-state index contributed by atoms with van der Waals surface area (Å²) < 4.78 is 13.2. The summed E-state index contributed by atoms with van der Waals surface area (Å²) in [6, 6.07) is 15.6. The van der Waals surface area contributed by atoms with E-state index in [1.807, 2.05) is 60.0 Å². The first-order valence-electron chi connectivity index (χ1n) is 7.89. The predicted molar refractivity (Wildman–Crippen MR) is 99.2 cm³/mol. The smallest absolute Gasteiger partial charge is 0.303 e. The van der Waals surface area contributed by atoms with Gasteiger partial charge in [0.25, 0.3) is 0 Å². The van der Waals surface area contributed by atoms with Gasteiger partial charge in [-0.2, -0.15) is 0 Å². The maximum atomic E-state index is 11.4. The zero-order valence-electron chi connectivity index (χ0n) is 14.2. The summed E-state index contributed by atoms with van der Waals surface area (Å²) in [5, 5.41) is 0. The number of ether oxygens (including phenoxy) is 2. The lowest BCUT2D eigenvalue weighted by Crippen LogP contribution is -2.28. The Morgan fingerprint density at radius 3 is 2.64 bits per heavy atom. The number of halogens is 1. The Kier molecular flexibility index (Phi) is 6.42. The van der Waals surface area contributed by atoms with Crippen LogP contribution >= 0.6 is 12.4 Å². The van der Waals surface area contributed by atoms with E-state index in [9.17, 15) is 4.79 Å². The number of rotatable bonds is 6. The summed E-state index contributed by atoms with van der Waals surface area (Å²) >= 11 is 0. The van der Waals surface area contributed by atoms with E-state index in [-0.39, 0.29) is 31.1 Å². The Bertz CT molecular complexity index is 847. The molecule has 1 heterocycles. The van der Waals surface area contributed by atoms with Gasteiger partial charge in [-0.3, -0.25) is 4.79 Å². The van der Waals surface area contributed by atoms with Gasteiger partial charge in [-0.25, -0.2) is 4.98 Å². The quantitative estimate of drug-likeness (QED) is 0.628. The van der Waals surface area contributed by atoms with E-state index in [0.717, 1.165) is 22.3 Å². The Labute approximate surface area is 153 Å². The molecule has 0 spiro atoms. The summed E-state index contributed by atoms with van der Waals surface area (Å²) in [6.07, 6.45) is 1.37. The number of aryl methyl sites for hydroxylation is 1. The number of nitrogens with zero attached hydrogens (tertiary/aromatic N) is 2. The van der Waals surface area contributed by atoms with Gasteiger partial charge in [0.15, 0.2) is 6.10 Å². The molecule has 1 atom stereocenters. The van der Waals surface area contributed by atoms with E-state index in [4.69, 9.17) is 9.47 Å². The minimum absolute atomic E-state index is 0. The SMILES string of the molecule is CC(=O)OC(COc1ccccc1C)Cn1cnc2ccccc21.Cl. The molecule has 132 valence electrons. The van der Waals surface area contributed by atoms with E-state index < -0.39 is 0 Å². The van der Waals surface area contributed by atoms with Gasteiger partial charge in [0.1, 0.15) is 12.4 Å². The highest BCUT2D eigenvalue weighted by Gasteiger charge is 2.16. The predicted octanol–water partition coefficient (Wildman–Crippen LogP) is 3.78. The molecule has 1 aromatic heterocycles. The highest BCUT2D eigenvalue weighted by Crippen LogP contribution is 2.18. The minimum Gasteiger partial charge on any atom is -0.489 e. The van der Waals surface area contributed by atoms with Gasteiger partial charge < -0.3 is 14.0 Å². The van der Waals surface area contributed by atoms with E-state index in [1.165, 1.54) is 6.92 Å². The molecule has 1 unspecified atom stereocenters. The Morgan fingerprint density at radius 1 is 1.16 bits per heavy atom. The van der Waals surface area contributed by atoms with Gasteiger partial charge in [0, 0.05) is 6.92 Å². The van der Waals surface area contributed by atoms with Crippen molar-refractivity contribution in [3.05, 3.63) is 60.4 Å². The molecule has 0 aliphatic heterocycles. The summed E-state index contributed by atoms with van der Waals surface area (Å²) in [4.78, 5) is 15.8. The van der Waals surface area contributed by atoms with Crippen molar-refractivity contribution >= 4 is 29.4 Å². The lowest BCUT2D eigenvalue weighted by atomic mass is 10.2. The number of esters is 1. The standard InChI is InChI=1S/C19H20N2O3.ClH/c1-14-7-3-6-10-19(14)23-12-16(24-15(2)22)11-21-13-20-17-8-4-5-9-18(17)21;/h3-10,13,16H,11-12H2,1-2H3;1H. The Morgan fingerprint density at radius 2 is 1.88 bits per heavy atom. The van der Waals surface area contributed by atoms with E-state index in [2.05, 4.69) is 4.98 Å². The van der Waals surface area contributed by atoms with Crippen molar-refractivity contribution in [2.24, 2.45) is 0 Å². The van der Waals surface area contributed by atoms with Crippen LogP contribution < -0.4 is 4.74 Å². The second-order valence-corrected chi connectivity index (χ2v) is 5.69. The van der Waals surface area contributed by atoms with Crippen LogP contribution in [0.3, 0.4) is 0 Å². The first-order valence-corrected chi connectivity index (χ1v) is 7.89. The van der Waals surface area contributed by atoms with Gasteiger partial charge in [-0.15, -0.1) is 12.4 Å². The van der Waals surface area contributed by atoms with E-state index in [0.29, 0.717) is 6.54 Å². The van der Waals surface area contributed by atoms with Crippen molar-refractivity contribution in [2.75, 3.05) is 6.61 Å². The molecule has 0 saturated heterocycles. The van der Waals surface area contributed by atoms with Crippen LogP contribution in [0.1, 0.15) is 12.5 Å². The number of carbonyl (C=O) groups is 1. The fourth-order valence-electron chi connectivity index (χ4n) is 2.63. The number of benzene rings is 2. The average Bonchev–Trinajstić information content (AvgIpc) is 2.97. The molecular formula is C19H21ClN2O3. The topological polar surface area (TPSA) is 53.4 Å². The van der Waals surface area contributed by atoms with Crippen molar-refractivity contribution in [3.63, 3.8) is 0 Å². The molecule has 0 radical (unpaired) electrons. The molecule has 3 rings (SSSR count). The number of hydrogen-bond donors (Lipinski definition) is 0. The van der Waals surface area contributed by atoms with Gasteiger partial charge in [0.05, 0.1) is 23.9 Å². The molecule has 25 heavy (non-hydrogen) atoms. The van der Waals surface area contributed by atoms with Crippen LogP contribution in [-0.4, -0.2) is 28.2 Å². The minimum atomic E-state index is -0.389. The van der Waals surface area contributed by atoms with E-state index >= 15 is 0 Å². The fourth-order valence-corrected chi connectivity index (χ4v) is 2.63. The first-order chi connectivity index (χ1) is 11.6. The first kappa shape index (κ1) is 18.8. The molecule has 5 nitrogen and oxygen atoms in total. The third kappa shape index (κ3) is 4.73. The number of imidazole rings is 1. The third-order valence-electron chi connectivity index (χ3n) is 3.78. The van der Waals surface area contributed by atoms with Crippen molar-refractivity contribution in [1.82, 2.24) is 9.55 Å². The highest BCUT2D eigenvalue weighted by molar-refractivity contribution is 5.85. The molecule has 0 bridgehead atoms. The highest BCUT2D eigenvalue weighted by atomic mass is 35.5. The van der Waals surface area contributed by atoms with Gasteiger partial charge >= 0.3 is 5.97 Å². The lowest BCUT2D eigenvalue weighted by Gasteiger charge is -2.19. The molecular weight excluding hydrogens is 340 g/mol. The maximum absolute atomic E-state index is 11.4. The monoisotopic (exact) mass is 360 g/mol. The molecule has 0 fully saturated rings. The zero-order chi connectivity index (χ0) is 16.9. The molecule has 0 N–H and O–H groups in total. The van der Waals surface area contributed by atoms with Crippen LogP contribution in [-0.2, 0) is 16.1 Å². The van der Waals surface area contributed by atoms with Crippen LogP contribution in [0, 0.1) is 6.92 Å². The van der Waals surface area contributed by atoms with Crippen molar-refractivity contribution in [3.8, 4) is 5.75 Å². The molecule has 0 saturated carbocycles. The van der Waals surface area contributed by atoms with Crippen LogP contribution in [0.4, 0.5) is 0 Å². The molecule has 3 aromatic rings. The van der Waals surface area contributed by atoms with Crippen LogP contribution in [0.25, 0.3) is 11.0 Å². The third-order valence-corrected chi connectivity index (χ3v) is 3.78. The summed E-state index contributed by atoms with van der Waals surface area (Å²) in [7, 11) is 0. The second-order valence-electron chi connectivity index (χ2n) is 5.69. The zero-order valence-corrected chi connectivity index (χ0v) is 15.0. The molecule has 2 aromatic carbocycles. The normalized spacial score (nSPS) is 11.6. The van der Waals surface area contributed by atoms with Crippen LogP contribution in [0.2, 0.25) is 0 Å². The van der Waals surface area contributed by atoms with Gasteiger partial charge in [-0.1, -0.05) is 30.3 Å². The van der Waals surface area contributed by atoms with E-state index in [1.54, 1.807) is 6.33 Å². The number of fused-ring (bicyclic) bond motifs is 1. The van der Waals surface area contributed by atoms with Crippen molar-refractivity contribution in [1.29, 1.82) is 0 Å². The molecule has 0 aliphatic rings. The van der Waals surface area contributed by atoms with Crippen LogP contribution in [0.5, 0.6) is 5.75 Å². The van der Waals surface area contributed by atoms with Crippen LogP contribution in [0.15, 0.2) is 54.9 Å². The molecule has 0 aliphatic carbocycles. The van der Waals surface area contributed by atoms with Crippen molar-refractivity contribution in [2.45, 2.75) is 26.5 Å². The fraction of sp³-hybridized carbons (Fsp3) is 0.263. The summed E-state index contributed by atoms with van der Waals surface area (Å²) in [6.45, 7) is 4.18. The second kappa shape index (κ2) is 8.53. The van der Waals surface area contributed by atoms with Gasteiger partial charge in [0.2, 0.25) is 0 Å². The lowest BCUT2D eigenvalue weighted by molar-refractivity contribution is -0.148. The summed E-state index contributed by atoms with van der Waals surface area (Å²) in [5.74, 6) is 0.475. The Balaban J connectivity index is 0.00000225. The number of carbonyl (C=O) groups excluding carboxylic acids is 1. The molecule has 6 heteroatoms. The largest absolute Gasteiger partial charge is 0.489 e. The summed E-state index contributed by atoms with van der Waals surface area (Å²) in [5.41, 5.74) is 2.97. The Hall–Kier alpha value is -2.53. The number of para-hydroxylation sites is 3. The van der Waals surface area contributed by atoms with Gasteiger partial charge in [-0.05, 0) is 30.7 Å².